The number of hydrogen-bond acceptors (Lipinski definition) is 3. The van der Waals surface area contributed by atoms with Crippen LogP contribution < -0.4 is 10.1 Å². The van der Waals surface area contributed by atoms with Crippen LogP contribution in [0.1, 0.15) is 23.6 Å². The van der Waals surface area contributed by atoms with Gasteiger partial charge >= 0.3 is 0 Å². The minimum Gasteiger partial charge on any atom is -0.494 e. The fourth-order valence-corrected chi connectivity index (χ4v) is 3.55. The standard InChI is InChI=1S/C20H22ClFN2O2/c1-26-19-8-6-14(12-17(19)22)7-9-20(25)24-11-10-23-13-18(24)15-4-2-3-5-16(15)21/h2-6,8,12,18,23H,7,9-11,13H2,1H3. The molecule has 1 atom stereocenters. The number of piperazine rings is 1. The summed E-state index contributed by atoms with van der Waals surface area (Å²) >= 11 is 6.33. The van der Waals surface area contributed by atoms with Crippen LogP contribution in [0.15, 0.2) is 42.5 Å². The summed E-state index contributed by atoms with van der Waals surface area (Å²) in [5, 5.41) is 3.99. The Morgan fingerprint density at radius 3 is 2.88 bits per heavy atom. The molecule has 1 amide bonds. The van der Waals surface area contributed by atoms with Gasteiger partial charge in [0.15, 0.2) is 11.6 Å². The second kappa shape index (κ2) is 8.52. The predicted octanol–water partition coefficient (Wildman–Crippen LogP) is 3.59. The molecular weight excluding hydrogens is 355 g/mol. The molecule has 0 bridgehead atoms. The number of nitrogens with one attached hydrogen (secondary N) is 1. The monoisotopic (exact) mass is 376 g/mol. The average Bonchev–Trinajstić information content (AvgIpc) is 2.66. The maximum atomic E-state index is 13.8. The molecule has 0 saturated carbocycles. The Labute approximate surface area is 157 Å². The zero-order chi connectivity index (χ0) is 18.5. The molecule has 4 nitrogen and oxygen atoms in total. The smallest absolute Gasteiger partial charge is 0.223 e. The van der Waals surface area contributed by atoms with Crippen molar-refractivity contribution in [2.75, 3.05) is 26.7 Å². The van der Waals surface area contributed by atoms with E-state index in [2.05, 4.69) is 5.32 Å². The normalized spacial score (nSPS) is 17.2. The molecule has 1 saturated heterocycles. The average molecular weight is 377 g/mol. The summed E-state index contributed by atoms with van der Waals surface area (Å²) in [4.78, 5) is 14.7. The summed E-state index contributed by atoms with van der Waals surface area (Å²) in [5.41, 5.74) is 1.73. The first-order chi connectivity index (χ1) is 12.6. The lowest BCUT2D eigenvalue weighted by molar-refractivity contribution is -0.134. The third-order valence-corrected chi connectivity index (χ3v) is 5.02. The van der Waals surface area contributed by atoms with Crippen LogP contribution in [0, 0.1) is 5.82 Å². The van der Waals surface area contributed by atoms with Crippen LogP contribution in [0.25, 0.3) is 0 Å². The second-order valence-electron chi connectivity index (χ2n) is 6.30. The minimum absolute atomic E-state index is 0.0487. The van der Waals surface area contributed by atoms with Gasteiger partial charge < -0.3 is 15.0 Å². The van der Waals surface area contributed by atoms with E-state index in [4.69, 9.17) is 16.3 Å². The Balaban J connectivity index is 1.69. The van der Waals surface area contributed by atoms with E-state index in [9.17, 15) is 9.18 Å². The van der Waals surface area contributed by atoms with Crippen LogP contribution in [0.4, 0.5) is 4.39 Å². The summed E-state index contributed by atoms with van der Waals surface area (Å²) in [7, 11) is 1.43. The Morgan fingerprint density at radius 2 is 2.15 bits per heavy atom. The molecule has 0 spiro atoms. The van der Waals surface area contributed by atoms with Crippen molar-refractivity contribution in [1.29, 1.82) is 0 Å². The van der Waals surface area contributed by atoms with Gasteiger partial charge in [0.25, 0.3) is 0 Å². The van der Waals surface area contributed by atoms with Crippen molar-refractivity contribution in [3.05, 3.63) is 64.4 Å². The molecule has 2 aromatic rings. The molecule has 0 aromatic heterocycles. The van der Waals surface area contributed by atoms with Gasteiger partial charge in [-0.15, -0.1) is 0 Å². The van der Waals surface area contributed by atoms with Crippen LogP contribution in [0.3, 0.4) is 0 Å². The first-order valence-electron chi connectivity index (χ1n) is 8.67. The number of carbonyl (C=O) groups excluding carboxylic acids is 1. The van der Waals surface area contributed by atoms with Crippen molar-refractivity contribution in [3.8, 4) is 5.75 Å². The van der Waals surface area contributed by atoms with Gasteiger partial charge in [0, 0.05) is 31.1 Å². The number of ether oxygens (including phenoxy) is 1. The zero-order valence-corrected chi connectivity index (χ0v) is 15.4. The van der Waals surface area contributed by atoms with Crippen molar-refractivity contribution in [2.45, 2.75) is 18.9 Å². The number of amides is 1. The number of nitrogens with zero attached hydrogens (tertiary/aromatic N) is 1. The molecule has 138 valence electrons. The van der Waals surface area contributed by atoms with Gasteiger partial charge in [-0.2, -0.15) is 0 Å². The van der Waals surface area contributed by atoms with E-state index in [0.717, 1.165) is 17.7 Å². The van der Waals surface area contributed by atoms with E-state index >= 15 is 0 Å². The van der Waals surface area contributed by atoms with Gasteiger partial charge in [0.2, 0.25) is 5.91 Å². The molecule has 1 unspecified atom stereocenters. The summed E-state index contributed by atoms with van der Waals surface area (Å²) in [6.45, 7) is 2.06. The van der Waals surface area contributed by atoms with Gasteiger partial charge in [-0.3, -0.25) is 4.79 Å². The predicted molar refractivity (Wildman–Crippen MR) is 100 cm³/mol. The highest BCUT2D eigenvalue weighted by atomic mass is 35.5. The highest BCUT2D eigenvalue weighted by Gasteiger charge is 2.28. The van der Waals surface area contributed by atoms with Gasteiger partial charge in [-0.1, -0.05) is 35.9 Å². The summed E-state index contributed by atoms with van der Waals surface area (Å²) in [6.07, 6.45) is 0.811. The number of aryl methyl sites for hydroxylation is 1. The summed E-state index contributed by atoms with van der Waals surface area (Å²) < 4.78 is 18.7. The number of halogens is 2. The highest BCUT2D eigenvalue weighted by Crippen LogP contribution is 2.29. The molecule has 6 heteroatoms. The Bertz CT molecular complexity index is 784. The molecular formula is C20H22ClFN2O2. The van der Waals surface area contributed by atoms with E-state index in [1.807, 2.05) is 29.2 Å². The second-order valence-corrected chi connectivity index (χ2v) is 6.70. The lowest BCUT2D eigenvalue weighted by Gasteiger charge is -2.37. The van der Waals surface area contributed by atoms with E-state index in [0.29, 0.717) is 31.0 Å². The molecule has 0 radical (unpaired) electrons. The highest BCUT2D eigenvalue weighted by molar-refractivity contribution is 6.31. The minimum atomic E-state index is -0.409. The summed E-state index contributed by atoms with van der Waals surface area (Å²) in [5.74, 6) is -0.151. The first kappa shape index (κ1) is 18.7. The number of rotatable bonds is 5. The zero-order valence-electron chi connectivity index (χ0n) is 14.7. The van der Waals surface area contributed by atoms with Crippen LogP contribution in [-0.2, 0) is 11.2 Å². The van der Waals surface area contributed by atoms with Gasteiger partial charge in [-0.05, 0) is 35.7 Å². The number of methoxy groups -OCH3 is 1. The van der Waals surface area contributed by atoms with E-state index in [-0.39, 0.29) is 17.7 Å². The third-order valence-electron chi connectivity index (χ3n) is 4.67. The van der Waals surface area contributed by atoms with E-state index in [1.165, 1.54) is 13.2 Å². The SMILES string of the molecule is COc1ccc(CCC(=O)N2CCNCC2c2ccccc2Cl)cc1F. The van der Waals surface area contributed by atoms with Crippen molar-refractivity contribution in [3.63, 3.8) is 0 Å². The molecule has 1 fully saturated rings. The molecule has 0 aliphatic carbocycles. The molecule has 1 aliphatic heterocycles. The molecule has 2 aromatic carbocycles. The number of benzene rings is 2. The number of carbonyl (C=O) groups is 1. The fraction of sp³-hybridized carbons (Fsp3) is 0.350. The fourth-order valence-electron chi connectivity index (χ4n) is 3.29. The van der Waals surface area contributed by atoms with Gasteiger partial charge in [0.1, 0.15) is 0 Å². The Morgan fingerprint density at radius 1 is 1.35 bits per heavy atom. The lowest BCUT2D eigenvalue weighted by Crippen LogP contribution is -2.48. The van der Waals surface area contributed by atoms with Crippen molar-refractivity contribution in [1.82, 2.24) is 10.2 Å². The van der Waals surface area contributed by atoms with Crippen LogP contribution in [-0.4, -0.2) is 37.6 Å². The Hall–Kier alpha value is -2.11. The van der Waals surface area contributed by atoms with Crippen molar-refractivity contribution < 1.29 is 13.9 Å². The summed E-state index contributed by atoms with van der Waals surface area (Å²) in [6, 6.07) is 12.3. The molecule has 3 rings (SSSR count). The van der Waals surface area contributed by atoms with E-state index in [1.54, 1.807) is 12.1 Å². The largest absolute Gasteiger partial charge is 0.494 e. The molecule has 1 heterocycles. The van der Waals surface area contributed by atoms with Crippen LogP contribution >= 0.6 is 11.6 Å². The van der Waals surface area contributed by atoms with Gasteiger partial charge in [-0.25, -0.2) is 4.39 Å². The van der Waals surface area contributed by atoms with Crippen LogP contribution in [0.2, 0.25) is 5.02 Å². The Kier molecular flexibility index (Phi) is 6.12. The lowest BCUT2D eigenvalue weighted by atomic mass is 10.0. The topological polar surface area (TPSA) is 41.6 Å². The van der Waals surface area contributed by atoms with Crippen LogP contribution in [0.5, 0.6) is 5.75 Å². The third kappa shape index (κ3) is 4.17. The molecule has 26 heavy (non-hydrogen) atoms. The maximum Gasteiger partial charge on any atom is 0.223 e. The van der Waals surface area contributed by atoms with Gasteiger partial charge in [0.05, 0.1) is 13.2 Å². The molecule has 1 N–H and O–H groups in total. The quantitative estimate of drug-likeness (QED) is 0.867. The number of hydrogen-bond donors (Lipinski definition) is 1. The maximum absolute atomic E-state index is 13.8. The molecule has 1 aliphatic rings. The first-order valence-corrected chi connectivity index (χ1v) is 9.05. The van der Waals surface area contributed by atoms with E-state index < -0.39 is 5.82 Å². The van der Waals surface area contributed by atoms with Crippen molar-refractivity contribution >= 4 is 17.5 Å². The van der Waals surface area contributed by atoms with Crippen molar-refractivity contribution in [2.24, 2.45) is 0 Å².